The second-order valence-corrected chi connectivity index (χ2v) is 4.66. The summed E-state index contributed by atoms with van der Waals surface area (Å²) in [6, 6.07) is 5.25. The number of hydrogen-bond donors (Lipinski definition) is 0. The van der Waals surface area contributed by atoms with Gasteiger partial charge < -0.3 is 9.47 Å². The summed E-state index contributed by atoms with van der Waals surface area (Å²) in [4.78, 5) is 12.0. The van der Waals surface area contributed by atoms with Gasteiger partial charge in [0.05, 0.1) is 5.56 Å². The second kappa shape index (κ2) is 4.69. The number of fused-ring (bicyclic) bond motifs is 1. The van der Waals surface area contributed by atoms with Crippen LogP contribution in [0, 0.1) is 0 Å². The Labute approximate surface area is 107 Å². The standard InChI is InChI=1S/C15H16O3/c1-9(2)8-17-11-5-6-12-13(7-11)18-15(10(3)4)14(12)16/h5-7H,1,8H2,2-4H3. The summed E-state index contributed by atoms with van der Waals surface area (Å²) in [5.74, 6) is 1.61. The molecule has 0 bridgehead atoms. The summed E-state index contributed by atoms with van der Waals surface area (Å²) >= 11 is 0. The molecule has 0 radical (unpaired) electrons. The third-order valence-corrected chi connectivity index (χ3v) is 2.56. The van der Waals surface area contributed by atoms with Gasteiger partial charge in [0, 0.05) is 6.07 Å². The number of rotatable bonds is 3. The maximum Gasteiger partial charge on any atom is 0.231 e. The first-order valence-electron chi connectivity index (χ1n) is 5.80. The first-order valence-corrected chi connectivity index (χ1v) is 5.80. The van der Waals surface area contributed by atoms with Crippen LogP contribution in [0.4, 0.5) is 0 Å². The maximum atomic E-state index is 12.0. The van der Waals surface area contributed by atoms with Crippen molar-refractivity contribution in [3.05, 3.63) is 47.2 Å². The molecule has 0 amide bonds. The van der Waals surface area contributed by atoms with Crippen LogP contribution in [0.25, 0.3) is 0 Å². The van der Waals surface area contributed by atoms with E-state index in [4.69, 9.17) is 9.47 Å². The predicted octanol–water partition coefficient (Wildman–Crippen LogP) is 3.51. The van der Waals surface area contributed by atoms with Gasteiger partial charge in [-0.25, -0.2) is 0 Å². The molecule has 1 aliphatic rings. The van der Waals surface area contributed by atoms with Crippen LogP contribution in [0.2, 0.25) is 0 Å². The van der Waals surface area contributed by atoms with Crippen LogP contribution >= 0.6 is 0 Å². The van der Waals surface area contributed by atoms with E-state index in [1.807, 2.05) is 20.8 Å². The fraction of sp³-hybridized carbons (Fsp3) is 0.267. The molecule has 1 heterocycles. The molecule has 0 spiro atoms. The number of allylic oxidation sites excluding steroid dienone is 2. The van der Waals surface area contributed by atoms with E-state index >= 15 is 0 Å². The van der Waals surface area contributed by atoms with Crippen LogP contribution in [0.1, 0.15) is 31.1 Å². The molecule has 0 aromatic heterocycles. The van der Waals surface area contributed by atoms with E-state index in [-0.39, 0.29) is 5.78 Å². The van der Waals surface area contributed by atoms with Gasteiger partial charge in [-0.15, -0.1) is 0 Å². The molecule has 1 aromatic rings. The Morgan fingerprint density at radius 1 is 1.33 bits per heavy atom. The Kier molecular flexibility index (Phi) is 3.24. The average molecular weight is 244 g/mol. The highest BCUT2D eigenvalue weighted by Gasteiger charge is 2.28. The highest BCUT2D eigenvalue weighted by atomic mass is 16.5. The van der Waals surface area contributed by atoms with Gasteiger partial charge in [0.15, 0.2) is 5.76 Å². The molecule has 3 heteroatoms. The molecule has 1 aliphatic heterocycles. The lowest BCUT2D eigenvalue weighted by molar-refractivity contribution is 0.101. The summed E-state index contributed by atoms with van der Waals surface area (Å²) in [6.45, 7) is 9.85. The lowest BCUT2D eigenvalue weighted by Crippen LogP contribution is -2.00. The van der Waals surface area contributed by atoms with Crippen molar-refractivity contribution in [1.82, 2.24) is 0 Å². The molecule has 0 saturated carbocycles. The molecule has 0 fully saturated rings. The first-order chi connectivity index (χ1) is 8.49. The quantitative estimate of drug-likeness (QED) is 0.603. The van der Waals surface area contributed by atoms with E-state index in [9.17, 15) is 4.79 Å². The number of carbonyl (C=O) groups is 1. The Hall–Kier alpha value is -2.03. The predicted molar refractivity (Wildman–Crippen MR) is 70.1 cm³/mol. The van der Waals surface area contributed by atoms with Gasteiger partial charge in [-0.3, -0.25) is 4.79 Å². The minimum atomic E-state index is -0.0588. The van der Waals surface area contributed by atoms with Crippen molar-refractivity contribution < 1.29 is 14.3 Å². The van der Waals surface area contributed by atoms with Crippen molar-refractivity contribution in [3.63, 3.8) is 0 Å². The lowest BCUT2D eigenvalue weighted by atomic mass is 10.1. The zero-order chi connectivity index (χ0) is 13.3. The van der Waals surface area contributed by atoms with Gasteiger partial charge in [-0.1, -0.05) is 6.58 Å². The van der Waals surface area contributed by atoms with Crippen molar-refractivity contribution in [2.24, 2.45) is 0 Å². The number of hydrogen-bond acceptors (Lipinski definition) is 3. The van der Waals surface area contributed by atoms with Crippen molar-refractivity contribution in [2.45, 2.75) is 20.8 Å². The summed E-state index contributed by atoms with van der Waals surface area (Å²) in [5, 5.41) is 0. The van der Waals surface area contributed by atoms with Gasteiger partial charge in [-0.05, 0) is 44.1 Å². The fourth-order valence-electron chi connectivity index (χ4n) is 1.68. The van der Waals surface area contributed by atoms with Gasteiger partial charge in [0.25, 0.3) is 0 Å². The molecule has 0 N–H and O–H groups in total. The van der Waals surface area contributed by atoms with E-state index in [0.717, 1.165) is 11.1 Å². The summed E-state index contributed by atoms with van der Waals surface area (Å²) in [5.41, 5.74) is 2.41. The van der Waals surface area contributed by atoms with E-state index in [1.54, 1.807) is 18.2 Å². The van der Waals surface area contributed by atoms with Crippen molar-refractivity contribution in [3.8, 4) is 11.5 Å². The van der Waals surface area contributed by atoms with E-state index in [2.05, 4.69) is 6.58 Å². The summed E-state index contributed by atoms with van der Waals surface area (Å²) in [7, 11) is 0. The number of benzene rings is 1. The topological polar surface area (TPSA) is 35.5 Å². The minimum Gasteiger partial charge on any atom is -0.489 e. The first kappa shape index (κ1) is 12.4. The normalized spacial score (nSPS) is 13.1. The monoisotopic (exact) mass is 244 g/mol. The molecular formula is C15H16O3. The number of ether oxygens (including phenoxy) is 2. The Balaban J connectivity index is 2.27. The van der Waals surface area contributed by atoms with Gasteiger partial charge in [0.1, 0.15) is 18.1 Å². The van der Waals surface area contributed by atoms with E-state index in [1.165, 1.54) is 0 Å². The molecule has 2 rings (SSSR count). The molecule has 0 atom stereocenters. The van der Waals surface area contributed by atoms with Crippen LogP contribution in [-0.4, -0.2) is 12.4 Å². The third kappa shape index (κ3) is 2.30. The van der Waals surface area contributed by atoms with Gasteiger partial charge >= 0.3 is 0 Å². The maximum absolute atomic E-state index is 12.0. The Bertz CT molecular complexity index is 549. The highest BCUT2D eigenvalue weighted by Crippen LogP contribution is 2.35. The number of ketones is 1. The minimum absolute atomic E-state index is 0.0588. The van der Waals surface area contributed by atoms with Crippen molar-refractivity contribution in [1.29, 1.82) is 0 Å². The zero-order valence-electron chi connectivity index (χ0n) is 10.9. The van der Waals surface area contributed by atoms with Crippen molar-refractivity contribution >= 4 is 5.78 Å². The van der Waals surface area contributed by atoms with Crippen LogP contribution < -0.4 is 9.47 Å². The molecular weight excluding hydrogens is 228 g/mol. The second-order valence-electron chi connectivity index (χ2n) is 4.66. The molecule has 94 valence electrons. The largest absolute Gasteiger partial charge is 0.489 e. The highest BCUT2D eigenvalue weighted by molar-refractivity contribution is 6.12. The zero-order valence-corrected chi connectivity index (χ0v) is 10.9. The number of Topliss-reactive ketones (excluding diaryl/α,β-unsaturated/α-hetero) is 1. The Morgan fingerprint density at radius 2 is 2.06 bits per heavy atom. The van der Waals surface area contributed by atoms with Crippen LogP contribution in [0.15, 0.2) is 41.7 Å². The number of carbonyl (C=O) groups excluding carboxylic acids is 1. The molecule has 1 aromatic carbocycles. The smallest absolute Gasteiger partial charge is 0.231 e. The van der Waals surface area contributed by atoms with Crippen LogP contribution in [0.5, 0.6) is 11.5 Å². The van der Waals surface area contributed by atoms with Crippen LogP contribution in [-0.2, 0) is 0 Å². The van der Waals surface area contributed by atoms with E-state index < -0.39 is 0 Å². The van der Waals surface area contributed by atoms with Gasteiger partial charge in [0.2, 0.25) is 5.78 Å². The average Bonchev–Trinajstić information content (AvgIpc) is 2.64. The molecule has 18 heavy (non-hydrogen) atoms. The molecule has 3 nitrogen and oxygen atoms in total. The third-order valence-electron chi connectivity index (χ3n) is 2.56. The molecule has 0 aliphatic carbocycles. The van der Waals surface area contributed by atoms with Gasteiger partial charge in [-0.2, -0.15) is 0 Å². The molecule has 0 unspecified atom stereocenters. The summed E-state index contributed by atoms with van der Waals surface area (Å²) < 4.78 is 11.1. The SMILES string of the molecule is C=C(C)COc1ccc2c(c1)OC(=C(C)C)C2=O. The summed E-state index contributed by atoms with van der Waals surface area (Å²) in [6.07, 6.45) is 0. The molecule has 0 saturated heterocycles. The van der Waals surface area contributed by atoms with Crippen LogP contribution in [0.3, 0.4) is 0 Å². The van der Waals surface area contributed by atoms with E-state index in [0.29, 0.717) is 29.4 Å². The van der Waals surface area contributed by atoms with Crippen molar-refractivity contribution in [2.75, 3.05) is 6.61 Å². The fourth-order valence-corrected chi connectivity index (χ4v) is 1.68. The lowest BCUT2D eigenvalue weighted by Gasteiger charge is -2.06. The Morgan fingerprint density at radius 3 is 2.67 bits per heavy atom.